The van der Waals surface area contributed by atoms with Crippen LogP contribution in [0.1, 0.15) is 5.56 Å². The molecule has 0 aliphatic rings. The van der Waals surface area contributed by atoms with Crippen molar-refractivity contribution >= 4 is 11.0 Å². The number of aryl methyl sites for hydroxylation is 1. The summed E-state index contributed by atoms with van der Waals surface area (Å²) >= 11 is 0. The van der Waals surface area contributed by atoms with E-state index in [4.69, 9.17) is 4.42 Å². The van der Waals surface area contributed by atoms with E-state index < -0.39 is 5.63 Å². The van der Waals surface area contributed by atoms with E-state index in [0.29, 0.717) is 5.58 Å². The second-order valence-electron chi connectivity index (χ2n) is 2.93. The van der Waals surface area contributed by atoms with Gasteiger partial charge in [-0.1, -0.05) is 0 Å². The van der Waals surface area contributed by atoms with E-state index in [9.17, 15) is 9.90 Å². The van der Waals surface area contributed by atoms with Crippen molar-refractivity contribution in [1.82, 2.24) is 0 Å². The molecular weight excluding hydrogens is 168 g/mol. The first-order chi connectivity index (χ1) is 6.16. The zero-order chi connectivity index (χ0) is 9.42. The lowest BCUT2D eigenvalue weighted by molar-refractivity contribution is 0.469. The Bertz CT molecular complexity index is 511. The molecule has 0 aliphatic heterocycles. The molecule has 0 radical (unpaired) electrons. The lowest BCUT2D eigenvalue weighted by Gasteiger charge is -1.99. The Balaban J connectivity index is 2.89. The molecule has 0 saturated carbocycles. The van der Waals surface area contributed by atoms with Gasteiger partial charge in [-0.2, -0.15) is 0 Å². The van der Waals surface area contributed by atoms with Crippen LogP contribution in [-0.2, 0) is 0 Å². The number of aromatic hydroxyl groups is 1. The average molecular weight is 176 g/mol. The van der Waals surface area contributed by atoms with Crippen molar-refractivity contribution in [1.29, 1.82) is 0 Å². The first-order valence-corrected chi connectivity index (χ1v) is 3.90. The largest absolute Gasteiger partial charge is 0.508 e. The Hall–Kier alpha value is -1.77. The Morgan fingerprint density at radius 1 is 1.31 bits per heavy atom. The molecule has 1 N–H and O–H groups in total. The van der Waals surface area contributed by atoms with Gasteiger partial charge in [-0.25, -0.2) is 4.79 Å². The van der Waals surface area contributed by atoms with Crippen molar-refractivity contribution in [3.63, 3.8) is 0 Å². The molecule has 2 aromatic rings. The SMILES string of the molecule is Cc1cc2ccc(=O)oc2cc1O. The average Bonchev–Trinajstić information content (AvgIpc) is 2.08. The van der Waals surface area contributed by atoms with Crippen LogP contribution in [0.15, 0.2) is 33.5 Å². The summed E-state index contributed by atoms with van der Waals surface area (Å²) in [4.78, 5) is 10.8. The molecule has 0 fully saturated rings. The first kappa shape index (κ1) is 7.86. The number of phenols is 1. The van der Waals surface area contributed by atoms with Gasteiger partial charge in [0.15, 0.2) is 0 Å². The maximum absolute atomic E-state index is 10.8. The normalized spacial score (nSPS) is 10.5. The van der Waals surface area contributed by atoms with E-state index in [1.165, 1.54) is 12.1 Å². The summed E-state index contributed by atoms with van der Waals surface area (Å²) in [5.41, 5.74) is 0.771. The Morgan fingerprint density at radius 2 is 2.08 bits per heavy atom. The first-order valence-electron chi connectivity index (χ1n) is 3.90. The van der Waals surface area contributed by atoms with Crippen LogP contribution in [0.4, 0.5) is 0 Å². The van der Waals surface area contributed by atoms with Crippen molar-refractivity contribution in [3.05, 3.63) is 40.2 Å². The standard InChI is InChI=1S/C10H8O3/c1-6-4-7-2-3-10(12)13-9(7)5-8(6)11/h2-5,11H,1H3. The van der Waals surface area contributed by atoms with E-state index in [2.05, 4.69) is 0 Å². The lowest BCUT2D eigenvalue weighted by atomic mass is 10.1. The fraction of sp³-hybridized carbons (Fsp3) is 0.100. The maximum atomic E-state index is 10.8. The monoisotopic (exact) mass is 176 g/mol. The molecule has 0 spiro atoms. The van der Waals surface area contributed by atoms with Crippen molar-refractivity contribution < 1.29 is 9.52 Å². The van der Waals surface area contributed by atoms with Gasteiger partial charge >= 0.3 is 5.63 Å². The molecule has 0 bridgehead atoms. The van der Waals surface area contributed by atoms with E-state index >= 15 is 0 Å². The fourth-order valence-corrected chi connectivity index (χ4v) is 1.22. The number of hydrogen-bond donors (Lipinski definition) is 1. The summed E-state index contributed by atoms with van der Waals surface area (Å²) in [6.45, 7) is 1.79. The highest BCUT2D eigenvalue weighted by atomic mass is 16.4. The minimum Gasteiger partial charge on any atom is -0.508 e. The predicted molar refractivity (Wildman–Crippen MR) is 48.9 cm³/mol. The van der Waals surface area contributed by atoms with Gasteiger partial charge in [0.05, 0.1) is 0 Å². The molecule has 0 saturated heterocycles. The second-order valence-corrected chi connectivity index (χ2v) is 2.93. The zero-order valence-corrected chi connectivity index (χ0v) is 7.07. The van der Waals surface area contributed by atoms with Crippen LogP contribution >= 0.6 is 0 Å². The van der Waals surface area contributed by atoms with Gasteiger partial charge in [-0.05, 0) is 24.6 Å². The van der Waals surface area contributed by atoms with Gasteiger partial charge in [-0.15, -0.1) is 0 Å². The number of phenolic OH excluding ortho intramolecular Hbond substituents is 1. The van der Waals surface area contributed by atoms with E-state index in [1.807, 2.05) is 0 Å². The number of fused-ring (bicyclic) bond motifs is 1. The van der Waals surface area contributed by atoms with Crippen LogP contribution < -0.4 is 5.63 Å². The third-order valence-electron chi connectivity index (χ3n) is 1.94. The third kappa shape index (κ3) is 1.28. The summed E-state index contributed by atoms with van der Waals surface area (Å²) in [6.07, 6.45) is 0. The summed E-state index contributed by atoms with van der Waals surface area (Å²) in [6, 6.07) is 6.26. The Labute approximate surface area is 74.2 Å². The van der Waals surface area contributed by atoms with Crippen LogP contribution in [0, 0.1) is 6.92 Å². The van der Waals surface area contributed by atoms with Gasteiger partial charge in [0.2, 0.25) is 0 Å². The molecule has 0 unspecified atom stereocenters. The maximum Gasteiger partial charge on any atom is 0.336 e. The molecule has 0 atom stereocenters. The smallest absolute Gasteiger partial charge is 0.336 e. The van der Waals surface area contributed by atoms with E-state index in [-0.39, 0.29) is 5.75 Å². The molecule has 3 nitrogen and oxygen atoms in total. The van der Waals surface area contributed by atoms with Gasteiger partial charge in [0, 0.05) is 17.5 Å². The van der Waals surface area contributed by atoms with Gasteiger partial charge in [-0.3, -0.25) is 0 Å². The number of hydrogen-bond acceptors (Lipinski definition) is 3. The molecule has 1 heterocycles. The minimum absolute atomic E-state index is 0.141. The quantitative estimate of drug-likeness (QED) is 0.623. The summed E-state index contributed by atoms with van der Waals surface area (Å²) < 4.78 is 4.88. The lowest BCUT2D eigenvalue weighted by Crippen LogP contribution is -1.94. The van der Waals surface area contributed by atoms with Gasteiger partial charge < -0.3 is 9.52 Å². The molecule has 13 heavy (non-hydrogen) atoms. The van der Waals surface area contributed by atoms with Crippen molar-refractivity contribution in [3.8, 4) is 5.75 Å². The second kappa shape index (κ2) is 2.62. The minimum atomic E-state index is -0.407. The van der Waals surface area contributed by atoms with Crippen molar-refractivity contribution in [2.75, 3.05) is 0 Å². The summed E-state index contributed by atoms with van der Waals surface area (Å²) in [7, 11) is 0. The van der Waals surface area contributed by atoms with Crippen LogP contribution in [0.25, 0.3) is 11.0 Å². The molecule has 1 aromatic carbocycles. The van der Waals surface area contributed by atoms with E-state index in [0.717, 1.165) is 10.9 Å². The van der Waals surface area contributed by atoms with Crippen LogP contribution in [0.5, 0.6) is 5.75 Å². The molecule has 66 valence electrons. The fourth-order valence-electron chi connectivity index (χ4n) is 1.22. The van der Waals surface area contributed by atoms with Gasteiger partial charge in [0.1, 0.15) is 11.3 Å². The summed E-state index contributed by atoms with van der Waals surface area (Å²) in [5.74, 6) is 0.141. The van der Waals surface area contributed by atoms with E-state index in [1.54, 1.807) is 19.1 Å². The highest BCUT2D eigenvalue weighted by molar-refractivity contribution is 5.79. The molecule has 3 heteroatoms. The van der Waals surface area contributed by atoms with Crippen LogP contribution in [0.2, 0.25) is 0 Å². The van der Waals surface area contributed by atoms with Gasteiger partial charge in [0.25, 0.3) is 0 Å². The Kier molecular flexibility index (Phi) is 1.59. The number of benzene rings is 1. The third-order valence-corrected chi connectivity index (χ3v) is 1.94. The van der Waals surface area contributed by atoms with Crippen LogP contribution in [-0.4, -0.2) is 5.11 Å². The van der Waals surface area contributed by atoms with Crippen molar-refractivity contribution in [2.45, 2.75) is 6.92 Å². The Morgan fingerprint density at radius 3 is 2.85 bits per heavy atom. The number of rotatable bonds is 0. The highest BCUT2D eigenvalue weighted by Crippen LogP contribution is 2.22. The zero-order valence-electron chi connectivity index (χ0n) is 7.07. The predicted octanol–water partition coefficient (Wildman–Crippen LogP) is 1.81. The van der Waals surface area contributed by atoms with Crippen molar-refractivity contribution in [2.24, 2.45) is 0 Å². The molecule has 1 aromatic heterocycles. The molecular formula is C10H8O3. The highest BCUT2D eigenvalue weighted by Gasteiger charge is 2.01. The summed E-state index contributed by atoms with van der Waals surface area (Å²) in [5, 5.41) is 10.2. The topological polar surface area (TPSA) is 50.4 Å². The molecule has 2 rings (SSSR count). The molecule has 0 aliphatic carbocycles. The van der Waals surface area contributed by atoms with Crippen LogP contribution in [0.3, 0.4) is 0 Å². The molecule has 0 amide bonds.